The molecule has 1 aromatic rings. The predicted molar refractivity (Wildman–Crippen MR) is 105 cm³/mol. The molecular formula is C21H32N4O2. The van der Waals surface area contributed by atoms with Gasteiger partial charge in [0.2, 0.25) is 5.91 Å². The van der Waals surface area contributed by atoms with E-state index < -0.39 is 0 Å². The van der Waals surface area contributed by atoms with Crippen LogP contribution >= 0.6 is 0 Å². The first kappa shape index (κ1) is 19.6. The first-order chi connectivity index (χ1) is 13.1. The largest absolute Gasteiger partial charge is 0.348 e. The molecule has 0 aromatic carbocycles. The molecule has 2 amide bonds. The fourth-order valence-electron chi connectivity index (χ4n) is 4.41. The summed E-state index contributed by atoms with van der Waals surface area (Å²) in [6.45, 7) is 3.99. The number of hydrogen-bond donors (Lipinski definition) is 2. The first-order valence-corrected chi connectivity index (χ1v) is 10.4. The standard InChI is InChI=1S/C21H32N4O2/c1-2-19(26)23-21(13-8-3-4-9-14-21)16-22-20(27)18-12-15-25(24-18)17-10-6-5-7-11-17/h2,12,15,17H,1,3-11,13-14,16H2,(H,22,27)(H,23,26). The molecule has 2 saturated carbocycles. The molecule has 0 bridgehead atoms. The Kier molecular flexibility index (Phi) is 6.69. The summed E-state index contributed by atoms with van der Waals surface area (Å²) in [4.78, 5) is 24.6. The first-order valence-electron chi connectivity index (χ1n) is 10.4. The number of amides is 2. The molecule has 2 N–H and O–H groups in total. The van der Waals surface area contributed by atoms with E-state index in [1.165, 1.54) is 38.2 Å². The van der Waals surface area contributed by atoms with Crippen LogP contribution < -0.4 is 10.6 Å². The lowest BCUT2D eigenvalue weighted by Gasteiger charge is -2.33. The van der Waals surface area contributed by atoms with E-state index in [2.05, 4.69) is 22.3 Å². The summed E-state index contributed by atoms with van der Waals surface area (Å²) >= 11 is 0. The number of aromatic nitrogens is 2. The van der Waals surface area contributed by atoms with E-state index in [0.29, 0.717) is 18.3 Å². The second-order valence-electron chi connectivity index (χ2n) is 8.04. The van der Waals surface area contributed by atoms with Crippen molar-refractivity contribution in [3.63, 3.8) is 0 Å². The van der Waals surface area contributed by atoms with E-state index in [1.807, 2.05) is 10.9 Å². The molecule has 0 unspecified atom stereocenters. The highest BCUT2D eigenvalue weighted by atomic mass is 16.2. The van der Waals surface area contributed by atoms with Crippen LogP contribution in [0.15, 0.2) is 24.9 Å². The average molecular weight is 373 g/mol. The number of carbonyl (C=O) groups is 2. The van der Waals surface area contributed by atoms with Crippen LogP contribution in [0.3, 0.4) is 0 Å². The number of nitrogens with one attached hydrogen (secondary N) is 2. The molecule has 27 heavy (non-hydrogen) atoms. The molecule has 0 saturated heterocycles. The SMILES string of the molecule is C=CC(=O)NC1(CNC(=O)c2ccn(C3CCCCC3)n2)CCCCCC1. The zero-order valence-electron chi connectivity index (χ0n) is 16.2. The average Bonchev–Trinajstić information content (AvgIpc) is 3.09. The van der Waals surface area contributed by atoms with Crippen molar-refractivity contribution in [2.24, 2.45) is 0 Å². The van der Waals surface area contributed by atoms with Gasteiger partial charge in [0.25, 0.3) is 5.91 Å². The van der Waals surface area contributed by atoms with Crippen molar-refractivity contribution in [1.29, 1.82) is 0 Å². The molecule has 0 radical (unpaired) electrons. The molecule has 0 aliphatic heterocycles. The van der Waals surface area contributed by atoms with Gasteiger partial charge in [0.15, 0.2) is 0 Å². The van der Waals surface area contributed by atoms with Crippen molar-refractivity contribution >= 4 is 11.8 Å². The van der Waals surface area contributed by atoms with Crippen LogP contribution in [-0.2, 0) is 4.79 Å². The highest BCUT2D eigenvalue weighted by Gasteiger charge is 2.32. The lowest BCUT2D eigenvalue weighted by atomic mass is 9.89. The summed E-state index contributed by atoms with van der Waals surface area (Å²) in [5, 5.41) is 10.6. The Morgan fingerprint density at radius 2 is 1.81 bits per heavy atom. The van der Waals surface area contributed by atoms with E-state index in [0.717, 1.165) is 38.5 Å². The van der Waals surface area contributed by atoms with Crippen LogP contribution in [0.4, 0.5) is 0 Å². The smallest absolute Gasteiger partial charge is 0.271 e. The van der Waals surface area contributed by atoms with E-state index in [9.17, 15) is 9.59 Å². The maximum Gasteiger partial charge on any atom is 0.271 e. The minimum atomic E-state index is -0.386. The third-order valence-corrected chi connectivity index (χ3v) is 6.01. The lowest BCUT2D eigenvalue weighted by molar-refractivity contribution is -0.118. The summed E-state index contributed by atoms with van der Waals surface area (Å²) < 4.78 is 1.95. The molecular weight excluding hydrogens is 340 g/mol. The maximum absolute atomic E-state index is 12.6. The highest BCUT2D eigenvalue weighted by Crippen LogP contribution is 2.28. The van der Waals surface area contributed by atoms with Gasteiger partial charge in [-0.1, -0.05) is 51.5 Å². The van der Waals surface area contributed by atoms with E-state index in [4.69, 9.17) is 0 Å². The number of nitrogens with zero attached hydrogens (tertiary/aromatic N) is 2. The normalized spacial score (nSPS) is 20.4. The number of hydrogen-bond acceptors (Lipinski definition) is 3. The Balaban J connectivity index is 1.62. The van der Waals surface area contributed by atoms with Gasteiger partial charge in [0, 0.05) is 12.7 Å². The van der Waals surface area contributed by atoms with Crippen molar-refractivity contribution < 1.29 is 9.59 Å². The third-order valence-electron chi connectivity index (χ3n) is 6.01. The Hall–Kier alpha value is -2.11. The lowest BCUT2D eigenvalue weighted by Crippen LogP contribution is -2.55. The molecule has 2 aliphatic carbocycles. The molecule has 3 rings (SSSR count). The van der Waals surface area contributed by atoms with Crippen molar-refractivity contribution in [3.8, 4) is 0 Å². The fourth-order valence-corrected chi connectivity index (χ4v) is 4.41. The summed E-state index contributed by atoms with van der Waals surface area (Å²) in [6.07, 6.45) is 15.5. The van der Waals surface area contributed by atoms with Crippen molar-refractivity contribution in [2.75, 3.05) is 6.54 Å². The number of carbonyl (C=O) groups excluding carboxylic acids is 2. The minimum absolute atomic E-state index is 0.166. The summed E-state index contributed by atoms with van der Waals surface area (Å²) in [6, 6.07) is 2.21. The molecule has 1 aromatic heterocycles. The van der Waals surface area contributed by atoms with Gasteiger partial charge in [-0.15, -0.1) is 0 Å². The molecule has 0 spiro atoms. The third kappa shape index (κ3) is 5.21. The predicted octanol–water partition coefficient (Wildman–Crippen LogP) is 3.51. The fraction of sp³-hybridized carbons (Fsp3) is 0.667. The van der Waals surface area contributed by atoms with Gasteiger partial charge < -0.3 is 10.6 Å². The maximum atomic E-state index is 12.6. The minimum Gasteiger partial charge on any atom is -0.348 e. The van der Waals surface area contributed by atoms with Gasteiger partial charge in [-0.2, -0.15) is 5.10 Å². The van der Waals surface area contributed by atoms with E-state index in [-0.39, 0.29) is 17.4 Å². The van der Waals surface area contributed by atoms with E-state index in [1.54, 1.807) is 6.07 Å². The summed E-state index contributed by atoms with van der Waals surface area (Å²) in [5.41, 5.74) is 0.0722. The van der Waals surface area contributed by atoms with Crippen molar-refractivity contribution in [3.05, 3.63) is 30.6 Å². The van der Waals surface area contributed by atoms with Gasteiger partial charge in [-0.05, 0) is 37.8 Å². The second-order valence-corrected chi connectivity index (χ2v) is 8.04. The van der Waals surface area contributed by atoms with Crippen LogP contribution in [0.5, 0.6) is 0 Å². The molecule has 6 nitrogen and oxygen atoms in total. The topological polar surface area (TPSA) is 76.0 Å². The Bertz CT molecular complexity index is 653. The molecule has 1 heterocycles. The van der Waals surface area contributed by atoms with Gasteiger partial charge in [-0.3, -0.25) is 14.3 Å². The Morgan fingerprint density at radius 1 is 1.15 bits per heavy atom. The Morgan fingerprint density at radius 3 is 2.48 bits per heavy atom. The molecule has 0 atom stereocenters. The van der Waals surface area contributed by atoms with Crippen LogP contribution in [-0.4, -0.2) is 33.7 Å². The monoisotopic (exact) mass is 372 g/mol. The van der Waals surface area contributed by atoms with Gasteiger partial charge in [0.05, 0.1) is 11.6 Å². The highest BCUT2D eigenvalue weighted by molar-refractivity contribution is 5.92. The van der Waals surface area contributed by atoms with Crippen molar-refractivity contribution in [1.82, 2.24) is 20.4 Å². The van der Waals surface area contributed by atoms with Crippen LogP contribution in [0.1, 0.15) is 87.2 Å². The summed E-state index contributed by atoms with van der Waals surface area (Å²) in [5.74, 6) is -0.339. The van der Waals surface area contributed by atoms with Crippen LogP contribution in [0.25, 0.3) is 0 Å². The second kappa shape index (κ2) is 9.20. The van der Waals surface area contributed by atoms with E-state index >= 15 is 0 Å². The molecule has 148 valence electrons. The Labute approximate surface area is 161 Å². The molecule has 2 aliphatic rings. The van der Waals surface area contributed by atoms with Crippen molar-refractivity contribution in [2.45, 2.75) is 82.2 Å². The van der Waals surface area contributed by atoms with Crippen LogP contribution in [0.2, 0.25) is 0 Å². The summed E-state index contributed by atoms with van der Waals surface area (Å²) in [7, 11) is 0. The molecule has 2 fully saturated rings. The van der Waals surface area contributed by atoms with Gasteiger partial charge >= 0.3 is 0 Å². The van der Waals surface area contributed by atoms with Gasteiger partial charge in [0.1, 0.15) is 5.69 Å². The van der Waals surface area contributed by atoms with Gasteiger partial charge in [-0.25, -0.2) is 0 Å². The molecule has 6 heteroatoms. The quantitative estimate of drug-likeness (QED) is 0.593. The number of rotatable bonds is 6. The zero-order valence-corrected chi connectivity index (χ0v) is 16.2. The van der Waals surface area contributed by atoms with Crippen LogP contribution in [0, 0.1) is 0 Å². The zero-order chi connectivity index (χ0) is 19.1.